The molecule has 1 heterocycles. The van der Waals surface area contributed by atoms with Crippen molar-refractivity contribution >= 4 is 6.16 Å². The summed E-state index contributed by atoms with van der Waals surface area (Å²) >= 11 is 0. The van der Waals surface area contributed by atoms with E-state index in [1.807, 2.05) is 6.92 Å². The van der Waals surface area contributed by atoms with Crippen LogP contribution < -0.4 is 0 Å². The highest BCUT2D eigenvalue weighted by Gasteiger charge is 2.33. The average molecular weight is 188 g/mol. The molecule has 0 aromatic heterocycles. The van der Waals surface area contributed by atoms with Gasteiger partial charge in [0.1, 0.15) is 5.76 Å². The van der Waals surface area contributed by atoms with E-state index in [0.29, 0.717) is 18.6 Å². The zero-order chi connectivity index (χ0) is 9.84. The van der Waals surface area contributed by atoms with Gasteiger partial charge >= 0.3 is 6.16 Å². The second kappa shape index (κ2) is 4.25. The Hall–Kier alpha value is -1.06. The molecule has 1 aliphatic rings. The van der Waals surface area contributed by atoms with E-state index in [1.165, 1.54) is 0 Å². The average Bonchev–Trinajstić information content (AvgIpc) is 2.41. The topological polar surface area (TPSA) is 35.5 Å². The molecule has 0 amide bonds. The highest BCUT2D eigenvalue weighted by atomic mass is 19.1. The molecule has 1 aliphatic heterocycles. The van der Waals surface area contributed by atoms with Crippen LogP contribution in [-0.4, -0.2) is 18.9 Å². The highest BCUT2D eigenvalue weighted by Crippen LogP contribution is 2.26. The number of hydrogen-bond donors (Lipinski definition) is 0. The molecule has 2 atom stereocenters. The number of ether oxygens (including phenoxy) is 2. The third kappa shape index (κ3) is 2.44. The maximum absolute atomic E-state index is 11.9. The molecule has 0 radical (unpaired) electrons. The fourth-order valence-electron chi connectivity index (χ4n) is 1.34. The van der Waals surface area contributed by atoms with Crippen LogP contribution in [0.5, 0.6) is 0 Å². The number of rotatable bonds is 4. The second-order valence-corrected chi connectivity index (χ2v) is 3.17. The monoisotopic (exact) mass is 188 g/mol. The molecule has 13 heavy (non-hydrogen) atoms. The van der Waals surface area contributed by atoms with Crippen molar-refractivity contribution in [2.45, 2.75) is 25.9 Å². The summed E-state index contributed by atoms with van der Waals surface area (Å²) in [5.41, 5.74) is 0. The third-order valence-electron chi connectivity index (χ3n) is 2.06. The van der Waals surface area contributed by atoms with Crippen LogP contribution in [0.3, 0.4) is 0 Å². The van der Waals surface area contributed by atoms with Crippen molar-refractivity contribution in [3.63, 3.8) is 0 Å². The zero-order valence-corrected chi connectivity index (χ0v) is 7.59. The molecule has 0 aliphatic carbocycles. The van der Waals surface area contributed by atoms with Crippen LogP contribution in [0.25, 0.3) is 0 Å². The molecule has 3 nitrogen and oxygen atoms in total. The normalized spacial score (nSPS) is 24.0. The van der Waals surface area contributed by atoms with Gasteiger partial charge in [0.15, 0.2) is 6.10 Å². The third-order valence-corrected chi connectivity index (χ3v) is 2.06. The highest BCUT2D eigenvalue weighted by molar-refractivity contribution is 5.64. The van der Waals surface area contributed by atoms with Crippen LogP contribution in [0.4, 0.5) is 9.18 Å². The summed E-state index contributed by atoms with van der Waals surface area (Å²) in [4.78, 5) is 10.7. The molecular weight excluding hydrogens is 175 g/mol. The van der Waals surface area contributed by atoms with Crippen LogP contribution >= 0.6 is 0 Å². The predicted molar refractivity (Wildman–Crippen MR) is 44.9 cm³/mol. The van der Waals surface area contributed by atoms with Crippen molar-refractivity contribution in [2.24, 2.45) is 5.92 Å². The van der Waals surface area contributed by atoms with E-state index < -0.39 is 12.3 Å². The number of halogens is 1. The lowest BCUT2D eigenvalue weighted by Crippen LogP contribution is -2.18. The van der Waals surface area contributed by atoms with Gasteiger partial charge in [0.2, 0.25) is 0 Å². The van der Waals surface area contributed by atoms with Gasteiger partial charge in [-0.25, -0.2) is 4.79 Å². The Bertz CT molecular complexity index is 215. The molecule has 0 spiro atoms. The standard InChI is InChI=1S/C9H13FO3/c1-6(4-3-5-10)8-7(2)12-9(11)13-8/h6,8H,2-5H2,1H3. The smallest absolute Gasteiger partial charge is 0.422 e. The molecular formula is C9H13FO3. The summed E-state index contributed by atoms with van der Waals surface area (Å²) in [6, 6.07) is 0. The Morgan fingerprint density at radius 1 is 1.69 bits per heavy atom. The minimum Gasteiger partial charge on any atom is -0.422 e. The van der Waals surface area contributed by atoms with Gasteiger partial charge in [-0.3, -0.25) is 4.39 Å². The first-order chi connectivity index (χ1) is 6.15. The van der Waals surface area contributed by atoms with E-state index in [1.54, 1.807) is 0 Å². The Morgan fingerprint density at radius 2 is 2.38 bits per heavy atom. The van der Waals surface area contributed by atoms with Crippen LogP contribution in [0, 0.1) is 5.92 Å². The quantitative estimate of drug-likeness (QED) is 0.635. The maximum atomic E-state index is 11.9. The van der Waals surface area contributed by atoms with Crippen molar-refractivity contribution in [1.82, 2.24) is 0 Å². The molecule has 0 N–H and O–H groups in total. The zero-order valence-electron chi connectivity index (χ0n) is 7.59. The Kier molecular flexibility index (Phi) is 3.28. The van der Waals surface area contributed by atoms with Crippen molar-refractivity contribution in [3.05, 3.63) is 12.3 Å². The molecule has 0 aromatic rings. The number of carbonyl (C=O) groups excluding carboxylic acids is 1. The van der Waals surface area contributed by atoms with Gasteiger partial charge in [-0.2, -0.15) is 0 Å². The summed E-state index contributed by atoms with van der Waals surface area (Å²) in [5.74, 6) is 0.394. The minimum atomic E-state index is -0.706. The number of alkyl halides is 1. The molecule has 0 saturated carbocycles. The number of carbonyl (C=O) groups is 1. The predicted octanol–water partition coefficient (Wildman–Crippen LogP) is 2.42. The first-order valence-corrected chi connectivity index (χ1v) is 4.28. The molecule has 0 aromatic carbocycles. The molecule has 0 bridgehead atoms. The van der Waals surface area contributed by atoms with E-state index >= 15 is 0 Å². The van der Waals surface area contributed by atoms with Gasteiger partial charge in [0.25, 0.3) is 0 Å². The first-order valence-electron chi connectivity index (χ1n) is 4.28. The summed E-state index contributed by atoms with van der Waals surface area (Å²) < 4.78 is 21.3. The molecule has 2 unspecified atom stereocenters. The fraction of sp³-hybridized carbons (Fsp3) is 0.667. The SMILES string of the molecule is C=C1OC(=O)OC1C(C)CCCF. The van der Waals surface area contributed by atoms with E-state index in [4.69, 9.17) is 4.74 Å². The molecule has 1 saturated heterocycles. The summed E-state index contributed by atoms with van der Waals surface area (Å²) in [6.07, 6.45) is 0.0282. The number of cyclic esters (lactones) is 2. The lowest BCUT2D eigenvalue weighted by atomic mass is 9.98. The van der Waals surface area contributed by atoms with Gasteiger partial charge in [0.05, 0.1) is 6.67 Å². The molecule has 4 heteroatoms. The number of hydrogen-bond acceptors (Lipinski definition) is 3. The Labute approximate surface area is 76.5 Å². The molecule has 1 fully saturated rings. The van der Waals surface area contributed by atoms with Crippen molar-refractivity contribution in [2.75, 3.05) is 6.67 Å². The first kappa shape index (κ1) is 10.0. The summed E-state index contributed by atoms with van der Waals surface area (Å²) in [7, 11) is 0. The lowest BCUT2D eigenvalue weighted by molar-refractivity contribution is 0.0995. The van der Waals surface area contributed by atoms with Crippen molar-refractivity contribution in [3.8, 4) is 0 Å². The van der Waals surface area contributed by atoms with Gasteiger partial charge in [-0.15, -0.1) is 0 Å². The van der Waals surface area contributed by atoms with Crippen LogP contribution in [0.15, 0.2) is 12.3 Å². The van der Waals surface area contributed by atoms with Crippen molar-refractivity contribution in [1.29, 1.82) is 0 Å². The summed E-state index contributed by atoms with van der Waals surface area (Å²) in [5, 5.41) is 0. The van der Waals surface area contributed by atoms with Crippen LogP contribution in [-0.2, 0) is 9.47 Å². The van der Waals surface area contributed by atoms with E-state index in [9.17, 15) is 9.18 Å². The van der Waals surface area contributed by atoms with E-state index in [2.05, 4.69) is 11.3 Å². The second-order valence-electron chi connectivity index (χ2n) is 3.17. The van der Waals surface area contributed by atoms with E-state index in [-0.39, 0.29) is 12.6 Å². The largest absolute Gasteiger partial charge is 0.514 e. The maximum Gasteiger partial charge on any atom is 0.514 e. The molecule has 1 rings (SSSR count). The van der Waals surface area contributed by atoms with Gasteiger partial charge in [-0.05, 0) is 12.8 Å². The van der Waals surface area contributed by atoms with Crippen LogP contribution in [0.2, 0.25) is 0 Å². The van der Waals surface area contributed by atoms with Gasteiger partial charge in [-0.1, -0.05) is 13.5 Å². The Balaban J connectivity index is 2.42. The minimum absolute atomic E-state index is 0.0645. The summed E-state index contributed by atoms with van der Waals surface area (Å²) in [6.45, 7) is 5.09. The molecule has 74 valence electrons. The fourth-order valence-corrected chi connectivity index (χ4v) is 1.34. The van der Waals surface area contributed by atoms with Gasteiger partial charge in [0, 0.05) is 5.92 Å². The Morgan fingerprint density at radius 3 is 2.85 bits per heavy atom. The van der Waals surface area contributed by atoms with E-state index in [0.717, 1.165) is 0 Å². The van der Waals surface area contributed by atoms with Crippen molar-refractivity contribution < 1.29 is 18.7 Å². The van der Waals surface area contributed by atoms with Gasteiger partial charge < -0.3 is 9.47 Å². The van der Waals surface area contributed by atoms with Crippen LogP contribution in [0.1, 0.15) is 19.8 Å². The lowest BCUT2D eigenvalue weighted by Gasteiger charge is -2.15.